The van der Waals surface area contributed by atoms with Gasteiger partial charge in [0, 0.05) is 6.20 Å². The fourth-order valence-corrected chi connectivity index (χ4v) is 2.20. The quantitative estimate of drug-likeness (QED) is 0.790. The Labute approximate surface area is 125 Å². The summed E-state index contributed by atoms with van der Waals surface area (Å²) >= 11 is 0. The molecule has 1 fully saturated rings. The van der Waals surface area contributed by atoms with Crippen LogP contribution >= 0.6 is 0 Å². The lowest BCUT2D eigenvalue weighted by Gasteiger charge is -2.32. The Kier molecular flexibility index (Phi) is 3.18. The van der Waals surface area contributed by atoms with Crippen molar-refractivity contribution in [1.29, 1.82) is 0 Å². The van der Waals surface area contributed by atoms with Crippen LogP contribution in [-0.4, -0.2) is 33.1 Å². The molecule has 5 nitrogen and oxygen atoms in total. The number of hydrogen-bond donors (Lipinski definition) is 0. The van der Waals surface area contributed by atoms with Gasteiger partial charge in [0.2, 0.25) is 0 Å². The summed E-state index contributed by atoms with van der Waals surface area (Å²) in [5, 5.41) is 4.38. The van der Waals surface area contributed by atoms with E-state index in [1.54, 1.807) is 4.68 Å². The first-order valence-corrected chi connectivity index (χ1v) is 7.14. The summed E-state index contributed by atoms with van der Waals surface area (Å²) < 4.78 is 13.8. The summed E-state index contributed by atoms with van der Waals surface area (Å²) in [6.45, 7) is 10.1. The largest absolute Gasteiger partial charge is 0.514 e. The summed E-state index contributed by atoms with van der Waals surface area (Å²) in [4.78, 5) is 4.62. The number of hydrogen-bond acceptors (Lipinski definition) is 4. The molecule has 2 aromatic heterocycles. The summed E-state index contributed by atoms with van der Waals surface area (Å²) in [5.74, 6) is 0.760. The van der Waals surface area contributed by atoms with E-state index in [9.17, 15) is 0 Å². The zero-order chi connectivity index (χ0) is 15.3. The normalized spacial score (nSPS) is 20.0. The van der Waals surface area contributed by atoms with Gasteiger partial charge in [-0.1, -0.05) is 6.07 Å². The van der Waals surface area contributed by atoms with Gasteiger partial charge in [-0.2, -0.15) is 5.10 Å². The molecular formula is C15H20BN3O2. The molecule has 0 saturated carbocycles. The van der Waals surface area contributed by atoms with Crippen LogP contribution in [0.3, 0.4) is 0 Å². The van der Waals surface area contributed by atoms with Crippen LogP contribution in [-0.2, 0) is 9.31 Å². The maximum atomic E-state index is 6.03. The fourth-order valence-electron chi connectivity index (χ4n) is 2.20. The molecule has 110 valence electrons. The first-order valence-electron chi connectivity index (χ1n) is 7.14. The van der Waals surface area contributed by atoms with Crippen LogP contribution in [0.5, 0.6) is 0 Å². The van der Waals surface area contributed by atoms with Crippen LogP contribution in [0.4, 0.5) is 0 Å². The maximum Gasteiger partial charge on any atom is 0.514 e. The van der Waals surface area contributed by atoms with E-state index in [1.165, 1.54) is 0 Å². The van der Waals surface area contributed by atoms with Crippen molar-refractivity contribution in [2.24, 2.45) is 0 Å². The van der Waals surface area contributed by atoms with Gasteiger partial charge in [0.25, 0.3) is 0 Å². The molecule has 1 aliphatic heterocycles. The van der Waals surface area contributed by atoms with E-state index >= 15 is 0 Å². The molecule has 0 aliphatic carbocycles. The summed E-state index contributed by atoms with van der Waals surface area (Å²) in [6, 6.07) is 7.73. The number of pyridine rings is 1. The minimum atomic E-state index is -0.452. The molecule has 6 heteroatoms. The van der Waals surface area contributed by atoms with Crippen molar-refractivity contribution in [3.63, 3.8) is 0 Å². The minimum absolute atomic E-state index is 0.363. The van der Waals surface area contributed by atoms with Gasteiger partial charge in [0.05, 0.1) is 22.5 Å². The lowest BCUT2D eigenvalue weighted by atomic mass is 9.84. The van der Waals surface area contributed by atoms with Gasteiger partial charge in [0.15, 0.2) is 5.82 Å². The fraction of sp³-hybridized carbons (Fsp3) is 0.467. The van der Waals surface area contributed by atoms with Crippen LogP contribution in [0.2, 0.25) is 0 Å². The third-order valence-electron chi connectivity index (χ3n) is 4.21. The van der Waals surface area contributed by atoms with E-state index in [4.69, 9.17) is 9.31 Å². The van der Waals surface area contributed by atoms with Crippen molar-refractivity contribution in [1.82, 2.24) is 14.8 Å². The SMILES string of the molecule is Cc1ccn(-c2cccc(B3OC(C)(C)C(C)(C)O3)n2)n1. The predicted octanol–water partition coefficient (Wildman–Crippen LogP) is 1.87. The molecule has 0 spiro atoms. The van der Waals surface area contributed by atoms with E-state index in [1.807, 2.05) is 65.1 Å². The van der Waals surface area contributed by atoms with E-state index in [0.29, 0.717) is 0 Å². The monoisotopic (exact) mass is 285 g/mol. The van der Waals surface area contributed by atoms with Gasteiger partial charge < -0.3 is 9.31 Å². The Morgan fingerprint density at radius 3 is 2.29 bits per heavy atom. The standard InChI is InChI=1S/C15H20BN3O2/c1-11-9-10-19(18-11)13-8-6-7-12(17-13)16-20-14(2,3)15(4,5)21-16/h6-10H,1-5H3. The van der Waals surface area contributed by atoms with E-state index in [-0.39, 0.29) is 11.2 Å². The Morgan fingerprint density at radius 1 is 1.05 bits per heavy atom. The van der Waals surface area contributed by atoms with Gasteiger partial charge in [-0.3, -0.25) is 0 Å². The average Bonchev–Trinajstić information content (AvgIpc) is 2.92. The molecule has 1 aliphatic rings. The van der Waals surface area contributed by atoms with Crippen molar-refractivity contribution in [2.75, 3.05) is 0 Å². The molecular weight excluding hydrogens is 265 g/mol. The first-order chi connectivity index (χ1) is 9.78. The van der Waals surface area contributed by atoms with Crippen LogP contribution < -0.4 is 5.59 Å². The van der Waals surface area contributed by atoms with Gasteiger partial charge in [-0.05, 0) is 52.8 Å². The highest BCUT2D eigenvalue weighted by molar-refractivity contribution is 6.61. The molecule has 3 rings (SSSR count). The molecule has 1 saturated heterocycles. The van der Waals surface area contributed by atoms with E-state index < -0.39 is 7.12 Å². The molecule has 0 bridgehead atoms. The second kappa shape index (κ2) is 4.68. The van der Waals surface area contributed by atoms with E-state index in [0.717, 1.165) is 17.1 Å². The second-order valence-electron chi connectivity index (χ2n) is 6.41. The van der Waals surface area contributed by atoms with Gasteiger partial charge >= 0.3 is 7.12 Å². The highest BCUT2D eigenvalue weighted by atomic mass is 16.7. The Balaban J connectivity index is 1.91. The maximum absolute atomic E-state index is 6.03. The average molecular weight is 285 g/mol. The molecule has 3 heterocycles. The van der Waals surface area contributed by atoms with Crippen LogP contribution in [0, 0.1) is 6.92 Å². The number of aromatic nitrogens is 3. The highest BCUT2D eigenvalue weighted by Gasteiger charge is 2.52. The van der Waals surface area contributed by atoms with Gasteiger partial charge in [0.1, 0.15) is 0 Å². The number of aryl methyl sites for hydroxylation is 1. The number of rotatable bonds is 2. The molecule has 0 atom stereocenters. The van der Waals surface area contributed by atoms with Crippen molar-refractivity contribution in [3.05, 3.63) is 36.2 Å². The molecule has 0 N–H and O–H groups in total. The second-order valence-corrected chi connectivity index (χ2v) is 6.41. The van der Waals surface area contributed by atoms with Crippen molar-refractivity contribution >= 4 is 12.7 Å². The lowest BCUT2D eigenvalue weighted by molar-refractivity contribution is 0.00578. The van der Waals surface area contributed by atoms with Crippen molar-refractivity contribution < 1.29 is 9.31 Å². The zero-order valence-electron chi connectivity index (χ0n) is 13.1. The third kappa shape index (κ3) is 2.49. The van der Waals surface area contributed by atoms with Gasteiger partial charge in [-0.25, -0.2) is 9.67 Å². The highest BCUT2D eigenvalue weighted by Crippen LogP contribution is 2.36. The molecule has 21 heavy (non-hydrogen) atoms. The summed E-state index contributed by atoms with van der Waals surface area (Å²) in [5.41, 5.74) is 0.993. The molecule has 0 radical (unpaired) electrons. The summed E-state index contributed by atoms with van der Waals surface area (Å²) in [7, 11) is -0.452. The smallest absolute Gasteiger partial charge is 0.398 e. The van der Waals surface area contributed by atoms with Crippen molar-refractivity contribution in [3.8, 4) is 5.82 Å². The van der Waals surface area contributed by atoms with Gasteiger partial charge in [-0.15, -0.1) is 0 Å². The minimum Gasteiger partial charge on any atom is -0.398 e. The molecule has 0 unspecified atom stereocenters. The predicted molar refractivity (Wildman–Crippen MR) is 81.8 cm³/mol. The molecule has 0 amide bonds. The van der Waals surface area contributed by atoms with Crippen LogP contribution in [0.25, 0.3) is 5.82 Å². The molecule has 0 aromatic carbocycles. The molecule has 2 aromatic rings. The Morgan fingerprint density at radius 2 is 1.71 bits per heavy atom. The number of nitrogens with zero attached hydrogens (tertiary/aromatic N) is 3. The van der Waals surface area contributed by atoms with Crippen LogP contribution in [0.1, 0.15) is 33.4 Å². The first kappa shape index (κ1) is 14.3. The lowest BCUT2D eigenvalue weighted by Crippen LogP contribution is -2.41. The summed E-state index contributed by atoms with van der Waals surface area (Å²) in [6.07, 6.45) is 1.89. The third-order valence-corrected chi connectivity index (χ3v) is 4.21. The topological polar surface area (TPSA) is 49.2 Å². The van der Waals surface area contributed by atoms with E-state index in [2.05, 4.69) is 10.1 Å². The Hall–Kier alpha value is -1.66. The Bertz CT molecular complexity index is 650. The van der Waals surface area contributed by atoms with Crippen LogP contribution in [0.15, 0.2) is 30.5 Å². The zero-order valence-corrected chi connectivity index (χ0v) is 13.1. The van der Waals surface area contributed by atoms with Crippen molar-refractivity contribution in [2.45, 2.75) is 45.8 Å².